The minimum atomic E-state index is -4.66. The van der Waals surface area contributed by atoms with Crippen LogP contribution in [0.2, 0.25) is 0 Å². The van der Waals surface area contributed by atoms with Crippen LogP contribution in [0.4, 0.5) is 42.0 Å². The lowest BCUT2D eigenvalue weighted by Gasteiger charge is -2.43. The van der Waals surface area contributed by atoms with Gasteiger partial charge in [0.2, 0.25) is 11.9 Å². The van der Waals surface area contributed by atoms with Crippen LogP contribution in [0.25, 0.3) is 0 Å². The molecular formula is C33H41F3N8O2. The molecule has 3 aliphatic rings. The molecule has 0 radical (unpaired) electrons. The molecule has 2 aromatic carbocycles. The number of ether oxygens (including phenoxy) is 1. The van der Waals surface area contributed by atoms with Gasteiger partial charge in [-0.3, -0.25) is 4.79 Å². The third-order valence-electron chi connectivity index (χ3n) is 9.43. The number of alkyl halides is 3. The van der Waals surface area contributed by atoms with Crippen LogP contribution in [0, 0.1) is 0 Å². The molecule has 2 fully saturated rings. The van der Waals surface area contributed by atoms with E-state index in [0.29, 0.717) is 34.8 Å². The van der Waals surface area contributed by atoms with Crippen molar-refractivity contribution in [2.24, 2.45) is 0 Å². The van der Waals surface area contributed by atoms with Crippen LogP contribution in [-0.4, -0.2) is 85.1 Å². The lowest BCUT2D eigenvalue weighted by molar-refractivity contribution is -0.137. The summed E-state index contributed by atoms with van der Waals surface area (Å²) in [6.45, 7) is 4.25. The summed E-state index contributed by atoms with van der Waals surface area (Å²) < 4.78 is 47.4. The molecule has 13 heteroatoms. The van der Waals surface area contributed by atoms with E-state index in [1.165, 1.54) is 12.8 Å². The molecule has 3 aromatic rings. The number of piperidine rings is 2. The Morgan fingerprint density at radius 3 is 2.52 bits per heavy atom. The molecule has 6 rings (SSSR count). The Bertz CT molecular complexity index is 1550. The summed E-state index contributed by atoms with van der Waals surface area (Å²) in [5, 5.41) is 8.63. The number of hydrogen-bond acceptors (Lipinski definition) is 9. The molecule has 2 saturated heterocycles. The maximum Gasteiger partial charge on any atom is 0.421 e. The number of halogens is 3. The van der Waals surface area contributed by atoms with E-state index >= 15 is 0 Å². The molecule has 0 unspecified atom stereocenters. The fourth-order valence-electron chi connectivity index (χ4n) is 6.80. The summed E-state index contributed by atoms with van der Waals surface area (Å²) in [5.74, 6) is 0.0347. The predicted octanol–water partition coefficient (Wildman–Crippen LogP) is 5.35. The number of nitrogens with one attached hydrogen (secondary N) is 3. The SMILES string of the molecule is COc1cc(N2CCC(N3CCC(N(C)C)CC3)CC2)ccc1Nc1ncc(C(F)(F)F)c(NCc2cccc3c2CC(=O)N3)n1. The fraction of sp³-hybridized carbons (Fsp3) is 0.485. The maximum atomic E-state index is 13.9. The fourth-order valence-corrected chi connectivity index (χ4v) is 6.80. The number of rotatable bonds is 9. The molecule has 3 aliphatic heterocycles. The Balaban J connectivity index is 1.12. The van der Waals surface area contributed by atoms with Crippen molar-refractivity contribution in [1.82, 2.24) is 19.8 Å². The predicted molar refractivity (Wildman–Crippen MR) is 173 cm³/mol. The number of aromatic nitrogens is 2. The van der Waals surface area contributed by atoms with E-state index in [1.54, 1.807) is 25.3 Å². The van der Waals surface area contributed by atoms with E-state index in [-0.39, 0.29) is 30.6 Å². The van der Waals surface area contributed by atoms with Crippen LogP contribution in [0.5, 0.6) is 5.75 Å². The zero-order valence-electron chi connectivity index (χ0n) is 26.5. The van der Waals surface area contributed by atoms with Gasteiger partial charge in [0, 0.05) is 55.4 Å². The van der Waals surface area contributed by atoms with Gasteiger partial charge in [-0.2, -0.15) is 18.2 Å². The number of anilines is 5. The lowest BCUT2D eigenvalue weighted by Crippen LogP contribution is -2.50. The summed E-state index contributed by atoms with van der Waals surface area (Å²) >= 11 is 0. The van der Waals surface area contributed by atoms with Crippen LogP contribution >= 0.6 is 0 Å². The van der Waals surface area contributed by atoms with E-state index in [4.69, 9.17) is 4.74 Å². The number of methoxy groups -OCH3 is 1. The monoisotopic (exact) mass is 638 g/mol. The maximum absolute atomic E-state index is 13.9. The van der Waals surface area contributed by atoms with Gasteiger partial charge in [0.15, 0.2) is 0 Å². The molecule has 1 amide bonds. The molecule has 0 bridgehead atoms. The van der Waals surface area contributed by atoms with E-state index in [1.807, 2.05) is 18.2 Å². The number of carbonyl (C=O) groups is 1. The minimum absolute atomic E-state index is 0.00413. The van der Waals surface area contributed by atoms with Crippen LogP contribution in [0.15, 0.2) is 42.6 Å². The van der Waals surface area contributed by atoms with Crippen LogP contribution in [0.1, 0.15) is 42.4 Å². The van der Waals surface area contributed by atoms with Crippen LogP contribution < -0.4 is 25.6 Å². The largest absolute Gasteiger partial charge is 0.494 e. The molecule has 4 heterocycles. The van der Waals surface area contributed by atoms with Gasteiger partial charge in [-0.05, 0) is 82.2 Å². The van der Waals surface area contributed by atoms with Crippen molar-refractivity contribution >= 4 is 34.7 Å². The second-order valence-electron chi connectivity index (χ2n) is 12.4. The molecule has 0 saturated carbocycles. The first-order valence-corrected chi connectivity index (χ1v) is 15.8. The Morgan fingerprint density at radius 2 is 1.83 bits per heavy atom. The number of amides is 1. The zero-order chi connectivity index (χ0) is 32.4. The van der Waals surface area contributed by atoms with Crippen LogP contribution in [-0.2, 0) is 23.9 Å². The average Bonchev–Trinajstić information content (AvgIpc) is 3.44. The topological polar surface area (TPSA) is 97.9 Å². The molecular weight excluding hydrogens is 597 g/mol. The Kier molecular flexibility index (Phi) is 9.23. The number of likely N-dealkylation sites (tertiary alicyclic amines) is 1. The second kappa shape index (κ2) is 13.3. The molecule has 3 N–H and O–H groups in total. The molecule has 1 aromatic heterocycles. The van der Waals surface area contributed by atoms with Crippen molar-refractivity contribution < 1.29 is 22.7 Å². The van der Waals surface area contributed by atoms with E-state index in [0.717, 1.165) is 56.5 Å². The van der Waals surface area contributed by atoms with Gasteiger partial charge in [0.1, 0.15) is 17.1 Å². The summed E-state index contributed by atoms with van der Waals surface area (Å²) in [6.07, 6.45) is 0.922. The first kappa shape index (κ1) is 31.9. The first-order chi connectivity index (χ1) is 22.1. The third-order valence-corrected chi connectivity index (χ3v) is 9.43. The highest BCUT2D eigenvalue weighted by Gasteiger charge is 2.36. The number of benzene rings is 2. The summed E-state index contributed by atoms with van der Waals surface area (Å²) in [6, 6.07) is 12.4. The van der Waals surface area contributed by atoms with Crippen molar-refractivity contribution in [1.29, 1.82) is 0 Å². The van der Waals surface area contributed by atoms with Gasteiger partial charge in [0.05, 0.1) is 19.2 Å². The summed E-state index contributed by atoms with van der Waals surface area (Å²) in [4.78, 5) is 27.4. The van der Waals surface area contributed by atoms with Gasteiger partial charge in [-0.15, -0.1) is 0 Å². The molecule has 246 valence electrons. The summed E-state index contributed by atoms with van der Waals surface area (Å²) in [5.41, 5.74) is 2.75. The highest BCUT2D eigenvalue weighted by atomic mass is 19.4. The standard InChI is InChI=1S/C33H41F3N8O2/c1-42(2)22-9-13-43(14-10-22)23-11-15-44(16-12-23)24-7-8-28(29(17-24)46-3)40-32-38-20-26(33(34,35)36)31(41-32)37-19-21-5-4-6-27-25(21)18-30(45)39-27/h4-8,17,20,22-23H,9-16,18-19H2,1-3H3,(H,39,45)(H2,37,38,40,41). The van der Waals surface area contributed by atoms with Gasteiger partial charge < -0.3 is 35.4 Å². The van der Waals surface area contributed by atoms with Crippen molar-refractivity contribution in [2.75, 3.05) is 68.2 Å². The van der Waals surface area contributed by atoms with Crippen molar-refractivity contribution in [2.45, 2.75) is 56.9 Å². The Morgan fingerprint density at radius 1 is 1.07 bits per heavy atom. The molecule has 46 heavy (non-hydrogen) atoms. The molecule has 0 spiro atoms. The zero-order valence-corrected chi connectivity index (χ0v) is 26.5. The lowest BCUT2D eigenvalue weighted by atomic mass is 9.97. The second-order valence-corrected chi connectivity index (χ2v) is 12.4. The van der Waals surface area contributed by atoms with Gasteiger partial charge in [0.25, 0.3) is 0 Å². The molecule has 0 aliphatic carbocycles. The van der Waals surface area contributed by atoms with Crippen molar-refractivity contribution in [3.8, 4) is 5.75 Å². The van der Waals surface area contributed by atoms with Crippen molar-refractivity contribution in [3.63, 3.8) is 0 Å². The first-order valence-electron chi connectivity index (χ1n) is 15.8. The van der Waals surface area contributed by atoms with Crippen molar-refractivity contribution in [3.05, 3.63) is 59.3 Å². The number of carbonyl (C=O) groups excluding carboxylic acids is 1. The van der Waals surface area contributed by atoms with Gasteiger partial charge >= 0.3 is 6.18 Å². The molecule has 0 atom stereocenters. The minimum Gasteiger partial charge on any atom is -0.494 e. The van der Waals surface area contributed by atoms with E-state index in [2.05, 4.69) is 54.7 Å². The van der Waals surface area contributed by atoms with E-state index in [9.17, 15) is 18.0 Å². The van der Waals surface area contributed by atoms with Crippen LogP contribution in [0.3, 0.4) is 0 Å². The average molecular weight is 639 g/mol. The number of hydrogen-bond donors (Lipinski definition) is 3. The Labute approximate surface area is 267 Å². The number of fused-ring (bicyclic) bond motifs is 1. The molecule has 10 nitrogen and oxygen atoms in total. The highest BCUT2D eigenvalue weighted by molar-refractivity contribution is 5.99. The van der Waals surface area contributed by atoms with Gasteiger partial charge in [-0.1, -0.05) is 12.1 Å². The summed E-state index contributed by atoms with van der Waals surface area (Å²) in [7, 11) is 5.90. The normalized spacial score (nSPS) is 18.1. The highest BCUT2D eigenvalue weighted by Crippen LogP contribution is 2.37. The number of nitrogens with zero attached hydrogens (tertiary/aromatic N) is 5. The quantitative estimate of drug-likeness (QED) is 0.287. The third kappa shape index (κ3) is 7.00. The Hall–Kier alpha value is -4.10. The van der Waals surface area contributed by atoms with E-state index < -0.39 is 11.7 Å². The van der Waals surface area contributed by atoms with Gasteiger partial charge in [-0.25, -0.2) is 4.98 Å². The smallest absolute Gasteiger partial charge is 0.421 e.